The SMILES string of the molecule is Cc1nc(Oc2ccc(NC(=O)COc3ccccc3)cc2)cc(-n2cccn2)n1. The quantitative estimate of drug-likeness (QED) is 0.507. The molecule has 150 valence electrons. The van der Waals surface area contributed by atoms with Crippen molar-refractivity contribution in [1.82, 2.24) is 19.7 Å². The maximum absolute atomic E-state index is 12.1. The molecule has 0 unspecified atom stereocenters. The smallest absolute Gasteiger partial charge is 0.262 e. The maximum atomic E-state index is 12.1. The Morgan fingerprint density at radius 2 is 1.80 bits per heavy atom. The van der Waals surface area contributed by atoms with E-state index in [-0.39, 0.29) is 12.5 Å². The first kappa shape index (κ1) is 19.1. The fraction of sp³-hybridized carbons (Fsp3) is 0.0909. The first-order valence-corrected chi connectivity index (χ1v) is 9.27. The summed E-state index contributed by atoms with van der Waals surface area (Å²) in [5.41, 5.74) is 0.639. The van der Waals surface area contributed by atoms with Gasteiger partial charge in [0.05, 0.1) is 0 Å². The minimum atomic E-state index is -0.247. The summed E-state index contributed by atoms with van der Waals surface area (Å²) >= 11 is 0. The summed E-state index contributed by atoms with van der Waals surface area (Å²) in [5, 5.41) is 6.95. The van der Waals surface area contributed by atoms with Crippen LogP contribution in [0.5, 0.6) is 17.4 Å². The van der Waals surface area contributed by atoms with Crippen LogP contribution < -0.4 is 14.8 Å². The first-order valence-electron chi connectivity index (χ1n) is 9.27. The van der Waals surface area contributed by atoms with Gasteiger partial charge in [0.1, 0.15) is 17.3 Å². The molecule has 2 aromatic heterocycles. The molecule has 0 fully saturated rings. The van der Waals surface area contributed by atoms with Gasteiger partial charge in [-0.1, -0.05) is 18.2 Å². The van der Waals surface area contributed by atoms with E-state index in [1.165, 1.54) is 0 Å². The molecular weight excluding hydrogens is 382 g/mol. The normalized spacial score (nSPS) is 10.4. The molecule has 8 heteroatoms. The van der Waals surface area contributed by atoms with Crippen LogP contribution in [0, 0.1) is 6.92 Å². The van der Waals surface area contributed by atoms with Gasteiger partial charge in [0, 0.05) is 24.1 Å². The lowest BCUT2D eigenvalue weighted by molar-refractivity contribution is -0.118. The van der Waals surface area contributed by atoms with Crippen LogP contribution in [0.3, 0.4) is 0 Å². The largest absolute Gasteiger partial charge is 0.484 e. The van der Waals surface area contributed by atoms with Gasteiger partial charge in [-0.15, -0.1) is 0 Å². The number of benzene rings is 2. The summed E-state index contributed by atoms with van der Waals surface area (Å²) < 4.78 is 12.9. The first-order chi connectivity index (χ1) is 14.7. The van der Waals surface area contributed by atoms with Gasteiger partial charge < -0.3 is 14.8 Å². The third-order valence-electron chi connectivity index (χ3n) is 4.01. The van der Waals surface area contributed by atoms with E-state index in [0.717, 1.165) is 0 Å². The molecule has 0 saturated heterocycles. The maximum Gasteiger partial charge on any atom is 0.262 e. The summed E-state index contributed by atoms with van der Waals surface area (Å²) in [4.78, 5) is 20.7. The summed E-state index contributed by atoms with van der Waals surface area (Å²) in [5.74, 6) is 2.57. The highest BCUT2D eigenvalue weighted by Crippen LogP contribution is 2.23. The number of nitrogens with one attached hydrogen (secondary N) is 1. The Balaban J connectivity index is 1.36. The molecule has 8 nitrogen and oxygen atoms in total. The number of hydrogen-bond acceptors (Lipinski definition) is 6. The fourth-order valence-electron chi connectivity index (χ4n) is 2.69. The number of nitrogens with zero attached hydrogens (tertiary/aromatic N) is 4. The molecule has 0 aliphatic rings. The molecule has 0 saturated carbocycles. The van der Waals surface area contributed by atoms with Crippen molar-refractivity contribution in [3.05, 3.63) is 84.9 Å². The molecule has 30 heavy (non-hydrogen) atoms. The summed E-state index contributed by atoms with van der Waals surface area (Å²) in [6.45, 7) is 1.72. The van der Waals surface area contributed by atoms with Crippen molar-refractivity contribution in [2.45, 2.75) is 6.92 Å². The average molecular weight is 401 g/mol. The van der Waals surface area contributed by atoms with E-state index in [1.54, 1.807) is 66.5 Å². The lowest BCUT2D eigenvalue weighted by atomic mass is 10.3. The standard InChI is InChI=1S/C22H19N5O3/c1-16-24-20(27-13-5-12-23-27)14-22(25-16)30-19-10-8-17(9-11-19)26-21(28)15-29-18-6-3-2-4-7-18/h2-14H,15H2,1H3,(H,26,28). The van der Waals surface area contributed by atoms with E-state index in [4.69, 9.17) is 9.47 Å². The molecule has 2 heterocycles. The zero-order valence-electron chi connectivity index (χ0n) is 16.2. The third-order valence-corrected chi connectivity index (χ3v) is 4.01. The predicted molar refractivity (Wildman–Crippen MR) is 111 cm³/mol. The molecule has 4 aromatic rings. The zero-order chi connectivity index (χ0) is 20.8. The van der Waals surface area contributed by atoms with Crippen molar-refractivity contribution < 1.29 is 14.3 Å². The molecule has 0 atom stereocenters. The Hall–Kier alpha value is -4.20. The van der Waals surface area contributed by atoms with E-state index < -0.39 is 0 Å². The van der Waals surface area contributed by atoms with E-state index >= 15 is 0 Å². The van der Waals surface area contributed by atoms with Gasteiger partial charge in [0.2, 0.25) is 5.88 Å². The molecular formula is C22H19N5O3. The number of anilines is 1. The number of aromatic nitrogens is 4. The Labute approximate surface area is 173 Å². The Morgan fingerprint density at radius 3 is 2.53 bits per heavy atom. The monoisotopic (exact) mass is 401 g/mol. The third kappa shape index (κ3) is 4.99. The number of amides is 1. The second-order valence-electron chi connectivity index (χ2n) is 6.34. The number of hydrogen-bond donors (Lipinski definition) is 1. The summed E-state index contributed by atoms with van der Waals surface area (Å²) in [6.07, 6.45) is 3.47. The molecule has 0 radical (unpaired) electrons. The Morgan fingerprint density at radius 1 is 1.00 bits per heavy atom. The van der Waals surface area contributed by atoms with Crippen molar-refractivity contribution in [3.8, 4) is 23.2 Å². The number of aryl methyl sites for hydroxylation is 1. The van der Waals surface area contributed by atoms with E-state index in [1.807, 2.05) is 24.3 Å². The van der Waals surface area contributed by atoms with Gasteiger partial charge >= 0.3 is 0 Å². The van der Waals surface area contributed by atoms with Crippen molar-refractivity contribution >= 4 is 11.6 Å². The topological polar surface area (TPSA) is 91.2 Å². The highest BCUT2D eigenvalue weighted by atomic mass is 16.5. The van der Waals surface area contributed by atoms with Gasteiger partial charge in [0.25, 0.3) is 5.91 Å². The van der Waals surface area contributed by atoms with Gasteiger partial charge in [-0.25, -0.2) is 9.67 Å². The van der Waals surface area contributed by atoms with Crippen LogP contribution in [0.2, 0.25) is 0 Å². The molecule has 0 aliphatic carbocycles. The predicted octanol–water partition coefficient (Wildman–Crippen LogP) is 3.78. The van der Waals surface area contributed by atoms with Crippen molar-refractivity contribution in [2.24, 2.45) is 0 Å². The average Bonchev–Trinajstić information content (AvgIpc) is 3.29. The second-order valence-corrected chi connectivity index (χ2v) is 6.34. The van der Waals surface area contributed by atoms with Gasteiger partial charge in [-0.05, 0) is 49.4 Å². The van der Waals surface area contributed by atoms with Crippen molar-refractivity contribution in [1.29, 1.82) is 0 Å². The van der Waals surface area contributed by atoms with E-state index in [2.05, 4.69) is 20.4 Å². The Bertz CT molecular complexity index is 1110. The Kier molecular flexibility index (Phi) is 5.66. The zero-order valence-corrected chi connectivity index (χ0v) is 16.2. The highest BCUT2D eigenvalue weighted by Gasteiger charge is 2.08. The molecule has 0 aliphatic heterocycles. The number of carbonyl (C=O) groups is 1. The molecule has 0 spiro atoms. The van der Waals surface area contributed by atoms with Gasteiger partial charge in [-0.3, -0.25) is 4.79 Å². The minimum absolute atomic E-state index is 0.0708. The number of para-hydroxylation sites is 1. The van der Waals surface area contributed by atoms with Crippen LogP contribution in [0.1, 0.15) is 5.82 Å². The molecule has 1 amide bonds. The van der Waals surface area contributed by atoms with Crippen LogP contribution in [-0.4, -0.2) is 32.3 Å². The summed E-state index contributed by atoms with van der Waals surface area (Å²) in [7, 11) is 0. The van der Waals surface area contributed by atoms with Crippen LogP contribution >= 0.6 is 0 Å². The van der Waals surface area contributed by atoms with Crippen LogP contribution in [0.4, 0.5) is 5.69 Å². The van der Waals surface area contributed by atoms with Crippen LogP contribution in [0.15, 0.2) is 79.1 Å². The summed E-state index contributed by atoms with van der Waals surface area (Å²) in [6, 6.07) is 19.7. The van der Waals surface area contributed by atoms with Crippen molar-refractivity contribution in [3.63, 3.8) is 0 Å². The van der Waals surface area contributed by atoms with Crippen LogP contribution in [-0.2, 0) is 4.79 Å². The lowest BCUT2D eigenvalue weighted by Crippen LogP contribution is -2.20. The number of carbonyl (C=O) groups excluding carboxylic acids is 1. The van der Waals surface area contributed by atoms with Gasteiger partial charge in [-0.2, -0.15) is 10.1 Å². The lowest BCUT2D eigenvalue weighted by Gasteiger charge is -2.10. The molecule has 0 bridgehead atoms. The minimum Gasteiger partial charge on any atom is -0.484 e. The van der Waals surface area contributed by atoms with E-state index in [9.17, 15) is 4.79 Å². The van der Waals surface area contributed by atoms with Crippen LogP contribution in [0.25, 0.3) is 5.82 Å². The second kappa shape index (κ2) is 8.87. The van der Waals surface area contributed by atoms with E-state index in [0.29, 0.717) is 34.7 Å². The highest BCUT2D eigenvalue weighted by molar-refractivity contribution is 5.91. The molecule has 1 N–H and O–H groups in total. The number of ether oxygens (including phenoxy) is 2. The molecule has 2 aromatic carbocycles. The van der Waals surface area contributed by atoms with Gasteiger partial charge in [0.15, 0.2) is 12.4 Å². The number of rotatable bonds is 7. The van der Waals surface area contributed by atoms with Crippen molar-refractivity contribution in [2.75, 3.05) is 11.9 Å². The fourth-order valence-corrected chi connectivity index (χ4v) is 2.69. The molecule has 4 rings (SSSR count).